The number of thiazole rings is 1. The summed E-state index contributed by atoms with van der Waals surface area (Å²) in [6, 6.07) is 9.06. The topological polar surface area (TPSA) is 144 Å². The van der Waals surface area contributed by atoms with Gasteiger partial charge in [0, 0.05) is 18.5 Å². The largest absolute Gasteiger partial charge is 0.443 e. The number of nitrogens with two attached hydrogens (primary N) is 1. The second-order valence-corrected chi connectivity index (χ2v) is 9.93. The number of β-amino-alcohol motifs (C(OH)–C–C–N with tert-alkyl or cyclic N) is 1. The quantitative estimate of drug-likeness (QED) is 0.391. The van der Waals surface area contributed by atoms with E-state index in [1.54, 1.807) is 18.2 Å². The number of benzene rings is 1. The van der Waals surface area contributed by atoms with Crippen LogP contribution in [0.1, 0.15) is 50.8 Å². The molecule has 196 valence electrons. The number of aromatic nitrogens is 3. The Balaban J connectivity index is 0.00000361. The molecule has 2 atom stereocenters. The number of hydrogen-bond donors (Lipinski definition) is 3. The number of nitrogens with one attached hydrogen (secondary N) is 1. The van der Waals surface area contributed by atoms with Crippen LogP contribution < -0.4 is 11.1 Å². The fourth-order valence-electron chi connectivity index (χ4n) is 3.65. The van der Waals surface area contributed by atoms with E-state index in [1.807, 2.05) is 35.7 Å². The lowest BCUT2D eigenvalue weighted by molar-refractivity contribution is -0.126. The van der Waals surface area contributed by atoms with Crippen LogP contribution in [0.4, 0.5) is 4.79 Å². The number of ether oxygens (including phenoxy) is 2. The number of carbonyl (C=O) groups excluding carboxylic acids is 2. The molecule has 1 fully saturated rings. The van der Waals surface area contributed by atoms with Gasteiger partial charge in [-0.25, -0.2) is 4.79 Å². The predicted octanol–water partition coefficient (Wildman–Crippen LogP) is 2.24. The van der Waals surface area contributed by atoms with Crippen molar-refractivity contribution in [2.45, 2.75) is 58.6 Å². The number of hydrogen-bond acceptors (Lipinski definition) is 9. The number of amides is 2. The van der Waals surface area contributed by atoms with E-state index in [0.717, 1.165) is 5.56 Å². The molecule has 4 N–H and O–H groups in total. The summed E-state index contributed by atoms with van der Waals surface area (Å²) >= 11 is 1.35. The molecule has 36 heavy (non-hydrogen) atoms. The SMILES string of the molecule is C.CC(C)(N)C(=O)N[C@H](COCc1ccccc1)c1nnc2scc(COC(=O)N3CC[C@@H](O)C3)n12. The van der Waals surface area contributed by atoms with E-state index in [0.29, 0.717) is 36.1 Å². The first kappa shape index (κ1) is 27.5. The summed E-state index contributed by atoms with van der Waals surface area (Å²) < 4.78 is 13.1. The number of likely N-dealkylation sites (tertiary alicyclic amines) is 1. The van der Waals surface area contributed by atoms with Crippen molar-refractivity contribution in [3.8, 4) is 0 Å². The first-order valence-electron chi connectivity index (χ1n) is 11.3. The van der Waals surface area contributed by atoms with Gasteiger partial charge in [0.15, 0.2) is 5.82 Å². The number of aliphatic hydroxyl groups excluding tert-OH is 1. The molecule has 1 aromatic carbocycles. The molecule has 3 heterocycles. The van der Waals surface area contributed by atoms with Crippen molar-refractivity contribution < 1.29 is 24.2 Å². The summed E-state index contributed by atoms with van der Waals surface area (Å²) in [6.07, 6.45) is -0.474. The fraction of sp³-hybridized carbons (Fsp3) is 0.500. The van der Waals surface area contributed by atoms with Gasteiger partial charge in [-0.2, -0.15) is 0 Å². The summed E-state index contributed by atoms with van der Waals surface area (Å²) in [5.41, 5.74) is 6.56. The maximum Gasteiger partial charge on any atom is 0.410 e. The molecular formula is C24H34N6O5S. The van der Waals surface area contributed by atoms with Crippen LogP contribution in [0.3, 0.4) is 0 Å². The van der Waals surface area contributed by atoms with Gasteiger partial charge in [-0.15, -0.1) is 21.5 Å². The van der Waals surface area contributed by atoms with Gasteiger partial charge >= 0.3 is 6.09 Å². The van der Waals surface area contributed by atoms with Crippen LogP contribution >= 0.6 is 11.3 Å². The Hall–Kier alpha value is -3.06. The minimum Gasteiger partial charge on any atom is -0.443 e. The van der Waals surface area contributed by atoms with Gasteiger partial charge in [-0.05, 0) is 25.8 Å². The van der Waals surface area contributed by atoms with Crippen molar-refractivity contribution in [2.75, 3.05) is 19.7 Å². The third-order valence-electron chi connectivity index (χ3n) is 5.61. The summed E-state index contributed by atoms with van der Waals surface area (Å²) in [5.74, 6) is 0.0907. The molecule has 0 spiro atoms. The van der Waals surface area contributed by atoms with E-state index >= 15 is 0 Å². The van der Waals surface area contributed by atoms with Crippen molar-refractivity contribution in [2.24, 2.45) is 5.73 Å². The Labute approximate surface area is 214 Å². The summed E-state index contributed by atoms with van der Waals surface area (Å²) in [6.45, 7) is 4.44. The van der Waals surface area contributed by atoms with Gasteiger partial charge in [0.2, 0.25) is 10.9 Å². The summed E-state index contributed by atoms with van der Waals surface area (Å²) in [5, 5.41) is 22.9. The third kappa shape index (κ3) is 6.58. The van der Waals surface area contributed by atoms with Crippen molar-refractivity contribution >= 4 is 28.3 Å². The van der Waals surface area contributed by atoms with E-state index in [4.69, 9.17) is 15.2 Å². The molecule has 2 aromatic heterocycles. The molecule has 0 radical (unpaired) electrons. The molecule has 0 saturated carbocycles. The van der Waals surface area contributed by atoms with Crippen LogP contribution in [-0.4, -0.2) is 67.9 Å². The summed E-state index contributed by atoms with van der Waals surface area (Å²) in [4.78, 5) is 27.2. The summed E-state index contributed by atoms with van der Waals surface area (Å²) in [7, 11) is 0. The van der Waals surface area contributed by atoms with Crippen molar-refractivity contribution in [3.05, 3.63) is 52.8 Å². The molecule has 1 aliphatic heterocycles. The third-order valence-corrected chi connectivity index (χ3v) is 6.47. The highest BCUT2D eigenvalue weighted by atomic mass is 32.1. The molecule has 12 heteroatoms. The maximum absolute atomic E-state index is 12.7. The van der Waals surface area contributed by atoms with Gasteiger partial charge in [0.05, 0.1) is 30.6 Å². The molecule has 0 bridgehead atoms. The Morgan fingerprint density at radius 1 is 1.28 bits per heavy atom. The average Bonchev–Trinajstić information content (AvgIpc) is 3.54. The Morgan fingerprint density at radius 3 is 2.69 bits per heavy atom. The fourth-order valence-corrected chi connectivity index (χ4v) is 4.47. The normalized spacial score (nSPS) is 16.6. The second kappa shape index (κ2) is 11.8. The van der Waals surface area contributed by atoms with Crippen molar-refractivity contribution in [1.82, 2.24) is 24.8 Å². The average molecular weight is 519 g/mol. The number of carbonyl (C=O) groups is 2. The minimum atomic E-state index is -1.10. The number of aliphatic hydroxyl groups is 1. The van der Waals surface area contributed by atoms with Gasteiger partial charge in [0.25, 0.3) is 0 Å². The van der Waals surface area contributed by atoms with Crippen molar-refractivity contribution in [3.63, 3.8) is 0 Å². The lowest BCUT2D eigenvalue weighted by atomic mass is 10.1. The van der Waals surface area contributed by atoms with Crippen molar-refractivity contribution in [1.29, 1.82) is 0 Å². The zero-order valence-electron chi connectivity index (χ0n) is 19.7. The van der Waals surface area contributed by atoms with Crippen LogP contribution in [0, 0.1) is 0 Å². The first-order valence-corrected chi connectivity index (χ1v) is 12.2. The molecule has 0 unspecified atom stereocenters. The molecule has 4 rings (SSSR count). The van der Waals surface area contributed by atoms with E-state index < -0.39 is 23.8 Å². The molecule has 1 saturated heterocycles. The van der Waals surface area contributed by atoms with Crippen LogP contribution in [0.15, 0.2) is 35.7 Å². The number of fused-ring (bicyclic) bond motifs is 1. The van der Waals surface area contributed by atoms with Gasteiger partial charge in [-0.1, -0.05) is 37.8 Å². The Kier molecular flexibility index (Phi) is 9.01. The van der Waals surface area contributed by atoms with Crippen LogP contribution in [0.5, 0.6) is 0 Å². The van der Waals surface area contributed by atoms with E-state index in [1.165, 1.54) is 16.2 Å². The van der Waals surface area contributed by atoms with E-state index in [-0.39, 0.29) is 33.1 Å². The molecule has 1 aliphatic rings. The predicted molar refractivity (Wildman–Crippen MR) is 135 cm³/mol. The van der Waals surface area contributed by atoms with Gasteiger partial charge in [0.1, 0.15) is 12.6 Å². The standard InChI is InChI=1S/C23H30N6O5S.CH4/c1-23(2,24)20(31)25-18(13-33-11-15-6-4-3-5-7-15)19-26-27-21-29(19)16(14-35-21)12-34-22(32)28-9-8-17(30)10-28;/h3-7,14,17-18,30H,8-13,24H2,1-2H3,(H,25,31);1H4/t17-,18-;/m1./s1. The lowest BCUT2D eigenvalue weighted by Gasteiger charge is -2.23. The van der Waals surface area contributed by atoms with E-state index in [9.17, 15) is 14.7 Å². The second-order valence-electron chi connectivity index (χ2n) is 9.09. The highest BCUT2D eigenvalue weighted by Gasteiger charge is 2.30. The Bertz CT molecular complexity index is 1160. The highest BCUT2D eigenvalue weighted by Crippen LogP contribution is 2.23. The van der Waals surface area contributed by atoms with Gasteiger partial charge < -0.3 is 30.5 Å². The zero-order valence-corrected chi connectivity index (χ0v) is 20.5. The number of rotatable bonds is 9. The van der Waals surface area contributed by atoms with Crippen LogP contribution in [0.2, 0.25) is 0 Å². The molecule has 3 aromatic rings. The van der Waals surface area contributed by atoms with Gasteiger partial charge in [-0.3, -0.25) is 9.20 Å². The molecular weight excluding hydrogens is 484 g/mol. The molecule has 2 amide bonds. The number of nitrogens with zero attached hydrogens (tertiary/aromatic N) is 4. The lowest BCUT2D eigenvalue weighted by Crippen LogP contribution is -2.51. The maximum atomic E-state index is 12.7. The van der Waals surface area contributed by atoms with Crippen LogP contribution in [0.25, 0.3) is 4.96 Å². The molecule has 11 nitrogen and oxygen atoms in total. The first-order chi connectivity index (χ1) is 16.7. The van der Waals surface area contributed by atoms with E-state index in [2.05, 4.69) is 15.5 Å². The zero-order chi connectivity index (χ0) is 25.0. The monoisotopic (exact) mass is 518 g/mol. The minimum absolute atomic E-state index is 0. The molecule has 0 aliphatic carbocycles. The Morgan fingerprint density at radius 2 is 2.03 bits per heavy atom. The smallest absolute Gasteiger partial charge is 0.410 e. The van der Waals surface area contributed by atoms with Crippen LogP contribution in [-0.2, 0) is 27.5 Å². The highest BCUT2D eigenvalue weighted by molar-refractivity contribution is 7.15.